The third-order valence-corrected chi connectivity index (χ3v) is 2.56. The fourth-order valence-electron chi connectivity index (χ4n) is 1.68. The van der Waals surface area contributed by atoms with Crippen molar-refractivity contribution in [3.05, 3.63) is 24.3 Å². The number of hydrogen-bond acceptors (Lipinski definition) is 4. The van der Waals surface area contributed by atoms with Gasteiger partial charge in [-0.2, -0.15) is 5.10 Å². The Kier molecular flexibility index (Phi) is 2.85. The van der Waals surface area contributed by atoms with Crippen LogP contribution in [0.4, 0.5) is 5.82 Å². The Hall–Kier alpha value is -1.91. The average Bonchev–Trinajstić information content (AvgIpc) is 2.77. The lowest BCUT2D eigenvalue weighted by atomic mass is 10.1. The van der Waals surface area contributed by atoms with E-state index in [9.17, 15) is 0 Å². The fraction of sp³-hybridized carbons (Fsp3) is 0.364. The van der Waals surface area contributed by atoms with Crippen LogP contribution in [0.2, 0.25) is 0 Å². The van der Waals surface area contributed by atoms with Crippen LogP contribution in [0, 0.1) is 0 Å². The van der Waals surface area contributed by atoms with Crippen molar-refractivity contribution in [1.29, 1.82) is 0 Å². The molecule has 84 valence electrons. The van der Waals surface area contributed by atoms with Gasteiger partial charge in [0.05, 0.1) is 11.9 Å². The number of rotatable bonds is 3. The van der Waals surface area contributed by atoms with Gasteiger partial charge < -0.3 is 5.73 Å². The molecule has 0 saturated carbocycles. The summed E-state index contributed by atoms with van der Waals surface area (Å²) in [5.74, 6) is 0.553. The largest absolute Gasteiger partial charge is 0.383 e. The van der Waals surface area contributed by atoms with Crippen molar-refractivity contribution in [3.8, 4) is 11.3 Å². The van der Waals surface area contributed by atoms with Gasteiger partial charge >= 0.3 is 0 Å². The van der Waals surface area contributed by atoms with Crippen LogP contribution in [-0.4, -0.2) is 19.7 Å². The van der Waals surface area contributed by atoms with E-state index in [1.165, 1.54) is 6.33 Å². The number of nitrogen functional groups attached to an aromatic ring is 1. The van der Waals surface area contributed by atoms with Gasteiger partial charge in [-0.3, -0.25) is 4.68 Å². The second-order valence-corrected chi connectivity index (χ2v) is 3.52. The molecular weight excluding hydrogens is 202 g/mol. The van der Waals surface area contributed by atoms with E-state index < -0.39 is 0 Å². The molecule has 0 aliphatic rings. The number of aryl methyl sites for hydroxylation is 1. The molecule has 0 atom stereocenters. The summed E-state index contributed by atoms with van der Waals surface area (Å²) in [7, 11) is 0. The smallest absolute Gasteiger partial charge is 0.130 e. The Morgan fingerprint density at radius 2 is 2.12 bits per heavy atom. The Balaban J connectivity index is 2.50. The molecule has 5 nitrogen and oxygen atoms in total. The van der Waals surface area contributed by atoms with Crippen molar-refractivity contribution in [2.45, 2.75) is 26.8 Å². The Morgan fingerprint density at radius 1 is 1.31 bits per heavy atom. The van der Waals surface area contributed by atoms with Gasteiger partial charge in [0.15, 0.2) is 0 Å². The van der Waals surface area contributed by atoms with Crippen molar-refractivity contribution in [2.75, 3.05) is 5.73 Å². The van der Waals surface area contributed by atoms with E-state index in [0.717, 1.165) is 29.8 Å². The van der Waals surface area contributed by atoms with Crippen LogP contribution in [0.15, 0.2) is 18.7 Å². The molecule has 0 aromatic carbocycles. The van der Waals surface area contributed by atoms with Gasteiger partial charge in [0.1, 0.15) is 12.1 Å². The van der Waals surface area contributed by atoms with Crippen molar-refractivity contribution < 1.29 is 0 Å². The molecule has 0 fully saturated rings. The first kappa shape index (κ1) is 10.6. The van der Waals surface area contributed by atoms with Gasteiger partial charge in [-0.15, -0.1) is 0 Å². The predicted molar refractivity (Wildman–Crippen MR) is 62.7 cm³/mol. The van der Waals surface area contributed by atoms with Crippen molar-refractivity contribution >= 4 is 5.82 Å². The van der Waals surface area contributed by atoms with Crippen LogP contribution in [0.5, 0.6) is 0 Å². The van der Waals surface area contributed by atoms with E-state index >= 15 is 0 Å². The monoisotopic (exact) mass is 217 g/mol. The van der Waals surface area contributed by atoms with Crippen molar-refractivity contribution in [1.82, 2.24) is 19.7 Å². The van der Waals surface area contributed by atoms with Gasteiger partial charge in [0.25, 0.3) is 0 Å². The quantitative estimate of drug-likeness (QED) is 0.846. The molecule has 2 heterocycles. The van der Waals surface area contributed by atoms with Gasteiger partial charge in [0, 0.05) is 23.9 Å². The lowest BCUT2D eigenvalue weighted by Gasteiger charge is -2.06. The number of anilines is 1. The molecule has 2 rings (SSSR count). The maximum atomic E-state index is 5.83. The molecule has 2 aromatic heterocycles. The highest BCUT2D eigenvalue weighted by atomic mass is 15.3. The molecular formula is C11H15N5. The summed E-state index contributed by atoms with van der Waals surface area (Å²) in [5.41, 5.74) is 8.69. The van der Waals surface area contributed by atoms with E-state index in [2.05, 4.69) is 15.1 Å². The molecule has 0 saturated heterocycles. The molecule has 0 aliphatic carbocycles. The van der Waals surface area contributed by atoms with Gasteiger partial charge in [-0.25, -0.2) is 9.97 Å². The first-order valence-electron chi connectivity index (χ1n) is 5.38. The molecule has 5 heteroatoms. The summed E-state index contributed by atoms with van der Waals surface area (Å²) in [6.07, 6.45) is 6.10. The molecule has 0 unspecified atom stereocenters. The first-order valence-corrected chi connectivity index (χ1v) is 5.38. The maximum Gasteiger partial charge on any atom is 0.130 e. The average molecular weight is 217 g/mol. The summed E-state index contributed by atoms with van der Waals surface area (Å²) in [6, 6.07) is 0. The number of nitrogens with zero attached hydrogens (tertiary/aromatic N) is 4. The van der Waals surface area contributed by atoms with Crippen LogP contribution in [0.1, 0.15) is 19.4 Å². The summed E-state index contributed by atoms with van der Waals surface area (Å²) >= 11 is 0. The topological polar surface area (TPSA) is 69.6 Å². The van der Waals surface area contributed by atoms with E-state index in [1.807, 2.05) is 30.9 Å². The summed E-state index contributed by atoms with van der Waals surface area (Å²) in [5, 5.41) is 4.23. The fourth-order valence-corrected chi connectivity index (χ4v) is 1.68. The minimum Gasteiger partial charge on any atom is -0.383 e. The lowest BCUT2D eigenvalue weighted by molar-refractivity contribution is 0.660. The van der Waals surface area contributed by atoms with E-state index in [-0.39, 0.29) is 0 Å². The van der Waals surface area contributed by atoms with Gasteiger partial charge in [-0.1, -0.05) is 6.92 Å². The number of aromatic nitrogens is 4. The number of hydrogen-bond donors (Lipinski definition) is 1. The predicted octanol–water partition coefficient (Wildman–Crippen LogP) is 1.50. The highest BCUT2D eigenvalue weighted by molar-refractivity contribution is 5.66. The molecule has 0 aliphatic heterocycles. The second-order valence-electron chi connectivity index (χ2n) is 3.52. The highest BCUT2D eigenvalue weighted by Crippen LogP contribution is 2.23. The Bertz CT molecular complexity index is 489. The normalized spacial score (nSPS) is 10.6. The Labute approximate surface area is 94.3 Å². The van der Waals surface area contributed by atoms with Crippen LogP contribution >= 0.6 is 0 Å². The van der Waals surface area contributed by atoms with E-state index in [0.29, 0.717) is 5.82 Å². The number of nitrogens with two attached hydrogens (primary N) is 1. The second kappa shape index (κ2) is 4.30. The minimum atomic E-state index is 0.553. The maximum absolute atomic E-state index is 5.83. The summed E-state index contributed by atoms with van der Waals surface area (Å²) < 4.78 is 1.87. The van der Waals surface area contributed by atoms with Crippen LogP contribution in [0.3, 0.4) is 0 Å². The summed E-state index contributed by atoms with van der Waals surface area (Å²) in [4.78, 5) is 8.29. The zero-order valence-electron chi connectivity index (χ0n) is 9.51. The Morgan fingerprint density at radius 3 is 2.75 bits per heavy atom. The van der Waals surface area contributed by atoms with Crippen molar-refractivity contribution in [2.24, 2.45) is 0 Å². The summed E-state index contributed by atoms with van der Waals surface area (Å²) in [6.45, 7) is 4.94. The highest BCUT2D eigenvalue weighted by Gasteiger charge is 2.10. The zero-order valence-corrected chi connectivity index (χ0v) is 9.51. The molecule has 0 spiro atoms. The molecule has 2 aromatic rings. The van der Waals surface area contributed by atoms with Gasteiger partial charge in [0.2, 0.25) is 0 Å². The molecule has 0 bridgehead atoms. The van der Waals surface area contributed by atoms with Crippen LogP contribution in [0.25, 0.3) is 11.3 Å². The van der Waals surface area contributed by atoms with Crippen molar-refractivity contribution in [3.63, 3.8) is 0 Å². The van der Waals surface area contributed by atoms with E-state index in [4.69, 9.17) is 5.73 Å². The SMILES string of the molecule is CCc1c(N)ncnc1-c1cnn(CC)c1. The first-order chi connectivity index (χ1) is 7.76. The third-order valence-electron chi connectivity index (χ3n) is 2.56. The van der Waals surface area contributed by atoms with Crippen LogP contribution < -0.4 is 5.73 Å². The third kappa shape index (κ3) is 1.76. The molecule has 2 N–H and O–H groups in total. The van der Waals surface area contributed by atoms with Crippen LogP contribution in [-0.2, 0) is 13.0 Å². The lowest BCUT2D eigenvalue weighted by Crippen LogP contribution is -2.01. The molecule has 0 radical (unpaired) electrons. The molecule has 0 amide bonds. The minimum absolute atomic E-state index is 0.553. The molecule has 16 heavy (non-hydrogen) atoms. The standard InChI is InChI=1S/C11H15N5/c1-3-9-10(13-7-14-11(9)12)8-5-15-16(4-2)6-8/h5-7H,3-4H2,1-2H3,(H2,12,13,14). The van der Waals surface area contributed by atoms with E-state index in [1.54, 1.807) is 0 Å². The van der Waals surface area contributed by atoms with Gasteiger partial charge in [-0.05, 0) is 13.3 Å². The zero-order chi connectivity index (χ0) is 11.5.